The molecule has 166 valence electrons. The average molecular weight is 408 g/mol. The first-order valence-electron chi connectivity index (χ1n) is 11.2. The molecular weight excluding hydrogens is 366 g/mol. The predicted octanol–water partition coefficient (Wildman–Crippen LogP) is 2.75. The predicted molar refractivity (Wildman–Crippen MR) is 119 cm³/mol. The lowest BCUT2D eigenvalue weighted by Crippen LogP contribution is -2.54. The van der Waals surface area contributed by atoms with Gasteiger partial charge in [-0.2, -0.15) is 0 Å². The largest absolute Gasteiger partial charge is 0.389 e. The summed E-state index contributed by atoms with van der Waals surface area (Å²) >= 11 is 0. The number of nitrogens with two attached hydrogens (primary N) is 2. The third-order valence-corrected chi connectivity index (χ3v) is 5.98. The number of amides is 1. The normalized spacial score (nSPS) is 22.0. The summed E-state index contributed by atoms with van der Waals surface area (Å²) in [6.07, 6.45) is 8.80. The molecule has 0 saturated carbocycles. The molecule has 1 heterocycles. The van der Waals surface area contributed by atoms with Crippen molar-refractivity contribution in [3.8, 4) is 0 Å². The van der Waals surface area contributed by atoms with E-state index in [0.717, 1.165) is 57.2 Å². The number of nitrogens with one attached hydrogen (secondary N) is 2. The number of aliphatic imine (C=N–C) groups is 1. The van der Waals surface area contributed by atoms with Gasteiger partial charge >= 0.3 is 0 Å². The van der Waals surface area contributed by atoms with Gasteiger partial charge in [0, 0.05) is 37.5 Å². The molecule has 0 unspecified atom stereocenters. The summed E-state index contributed by atoms with van der Waals surface area (Å²) in [5.74, 6) is 0.147. The quantitative estimate of drug-likeness (QED) is 0.306. The molecule has 0 aromatic rings. The van der Waals surface area contributed by atoms with Gasteiger partial charge in [0.25, 0.3) is 0 Å². The van der Waals surface area contributed by atoms with Crippen molar-refractivity contribution in [2.75, 3.05) is 13.1 Å². The number of Topliss-reactive ketones (excluding diaryl/α,β-unsaturated/α-hetero) is 1. The second kappa shape index (κ2) is 13.2. The first kappa shape index (κ1) is 25.0. The van der Waals surface area contributed by atoms with E-state index in [1.807, 2.05) is 13.8 Å². The maximum absolute atomic E-state index is 13.3. The van der Waals surface area contributed by atoms with E-state index in [9.17, 15) is 9.59 Å². The zero-order valence-electron chi connectivity index (χ0n) is 18.4. The second-order valence-corrected chi connectivity index (χ2v) is 8.08. The minimum absolute atomic E-state index is 0.00351. The van der Waals surface area contributed by atoms with Gasteiger partial charge in [-0.25, -0.2) is 0 Å². The van der Waals surface area contributed by atoms with Crippen LogP contribution >= 0.6 is 0 Å². The van der Waals surface area contributed by atoms with Crippen molar-refractivity contribution in [1.82, 2.24) is 10.6 Å². The molecule has 1 atom stereocenters. The van der Waals surface area contributed by atoms with Crippen LogP contribution in [0.2, 0.25) is 0 Å². The molecule has 0 bridgehead atoms. The van der Waals surface area contributed by atoms with Gasteiger partial charge < -0.3 is 22.1 Å². The van der Waals surface area contributed by atoms with E-state index in [1.165, 1.54) is 0 Å². The van der Waals surface area contributed by atoms with Crippen LogP contribution in [0.3, 0.4) is 0 Å². The first-order valence-corrected chi connectivity index (χ1v) is 11.2. The Balaban J connectivity index is 2.96. The number of hydrogen-bond donors (Lipinski definition) is 4. The molecule has 1 aliphatic heterocycles. The fraction of sp³-hybridized carbons (Fsp3) is 0.773. The monoisotopic (exact) mass is 407 g/mol. The van der Waals surface area contributed by atoms with Crippen molar-refractivity contribution in [1.29, 1.82) is 0 Å². The summed E-state index contributed by atoms with van der Waals surface area (Å²) < 4.78 is 0. The first-order chi connectivity index (χ1) is 13.8. The van der Waals surface area contributed by atoms with Crippen molar-refractivity contribution < 1.29 is 9.59 Å². The number of hydrogen-bond acceptors (Lipinski definition) is 4. The van der Waals surface area contributed by atoms with E-state index in [0.29, 0.717) is 32.2 Å². The van der Waals surface area contributed by atoms with Crippen molar-refractivity contribution in [2.45, 2.75) is 90.0 Å². The number of allylic oxidation sites excluding steroid dienone is 1. The molecule has 0 radical (unpaired) electrons. The number of carbonyl (C=O) groups excluding carboxylic acids is 2. The molecular formula is C22H41N5O2. The maximum Gasteiger partial charge on any atom is 0.220 e. The van der Waals surface area contributed by atoms with Crippen molar-refractivity contribution in [3.05, 3.63) is 12.3 Å². The fourth-order valence-electron chi connectivity index (χ4n) is 3.92. The van der Waals surface area contributed by atoms with Crippen LogP contribution in [0.1, 0.15) is 84.5 Å². The molecule has 7 nitrogen and oxygen atoms in total. The molecule has 1 aliphatic rings. The van der Waals surface area contributed by atoms with Crippen molar-refractivity contribution in [2.24, 2.45) is 22.4 Å². The lowest BCUT2D eigenvalue weighted by molar-refractivity contribution is -0.133. The molecule has 0 aliphatic carbocycles. The zero-order chi connectivity index (χ0) is 21.7. The number of guanidine groups is 1. The van der Waals surface area contributed by atoms with E-state index < -0.39 is 5.54 Å². The van der Waals surface area contributed by atoms with Crippen LogP contribution in [0.5, 0.6) is 0 Å². The van der Waals surface area contributed by atoms with E-state index in [4.69, 9.17) is 11.5 Å². The Morgan fingerprint density at radius 3 is 2.45 bits per heavy atom. The highest BCUT2D eigenvalue weighted by molar-refractivity contribution is 5.93. The van der Waals surface area contributed by atoms with E-state index in [2.05, 4.69) is 22.2 Å². The molecule has 0 aromatic heterocycles. The van der Waals surface area contributed by atoms with Gasteiger partial charge in [-0.15, -0.1) is 0 Å². The Labute approximate surface area is 176 Å². The molecule has 1 rings (SSSR count). The van der Waals surface area contributed by atoms with Gasteiger partial charge in [-0.05, 0) is 38.5 Å². The SMILES string of the molecule is C=C1NCCCCCCCC(=O)NC(CC)(CC)C(=O)C[C@H]1CCCN=C(N)N. The van der Waals surface area contributed by atoms with Crippen LogP contribution < -0.4 is 22.1 Å². The lowest BCUT2D eigenvalue weighted by Gasteiger charge is -2.33. The molecule has 29 heavy (non-hydrogen) atoms. The van der Waals surface area contributed by atoms with Gasteiger partial charge in [-0.1, -0.05) is 39.7 Å². The van der Waals surface area contributed by atoms with Crippen molar-refractivity contribution >= 4 is 17.6 Å². The summed E-state index contributed by atoms with van der Waals surface area (Å²) in [6, 6.07) is 0. The molecule has 6 N–H and O–H groups in total. The number of nitrogens with zero attached hydrogens (tertiary/aromatic N) is 1. The summed E-state index contributed by atoms with van der Waals surface area (Å²) in [4.78, 5) is 29.9. The van der Waals surface area contributed by atoms with Crippen LogP contribution in [-0.4, -0.2) is 36.3 Å². The molecule has 7 heteroatoms. The molecule has 0 aromatic carbocycles. The Kier molecular flexibility index (Phi) is 11.4. The number of ketones is 1. The summed E-state index contributed by atoms with van der Waals surface area (Å²) in [7, 11) is 0. The Hall–Kier alpha value is -2.05. The molecule has 0 spiro atoms. The van der Waals surface area contributed by atoms with Crippen LogP contribution in [0.15, 0.2) is 17.3 Å². The Morgan fingerprint density at radius 1 is 1.14 bits per heavy atom. The second-order valence-electron chi connectivity index (χ2n) is 8.08. The standard InChI is InChI=1S/C22H41N5O2/c1-4-22(5-2)19(28)16-18(12-11-15-26-21(23)24)17(3)25-14-10-8-6-7-9-13-20(29)27-22/h18,25H,3-16H2,1-2H3,(H,27,29)(H4,23,24,26)/t18-/m1/s1. The van der Waals surface area contributed by atoms with Gasteiger partial charge in [0.1, 0.15) is 0 Å². The number of carbonyl (C=O) groups is 2. The molecule has 1 amide bonds. The minimum Gasteiger partial charge on any atom is -0.389 e. The van der Waals surface area contributed by atoms with Crippen LogP contribution in [0, 0.1) is 5.92 Å². The van der Waals surface area contributed by atoms with E-state index in [-0.39, 0.29) is 23.6 Å². The number of rotatable bonds is 6. The van der Waals surface area contributed by atoms with Gasteiger partial charge in [-0.3, -0.25) is 14.6 Å². The average Bonchev–Trinajstić information content (AvgIpc) is 2.69. The van der Waals surface area contributed by atoms with Crippen LogP contribution in [0.4, 0.5) is 0 Å². The topological polar surface area (TPSA) is 123 Å². The van der Waals surface area contributed by atoms with Gasteiger partial charge in [0.05, 0.1) is 5.54 Å². The summed E-state index contributed by atoms with van der Waals surface area (Å²) in [5.41, 5.74) is 10.9. The maximum atomic E-state index is 13.3. The highest BCUT2D eigenvalue weighted by atomic mass is 16.2. The van der Waals surface area contributed by atoms with E-state index in [1.54, 1.807) is 0 Å². The zero-order valence-corrected chi connectivity index (χ0v) is 18.4. The smallest absolute Gasteiger partial charge is 0.220 e. The highest BCUT2D eigenvalue weighted by Crippen LogP contribution is 2.26. The Morgan fingerprint density at radius 2 is 1.79 bits per heavy atom. The lowest BCUT2D eigenvalue weighted by atomic mass is 9.81. The molecule has 1 fully saturated rings. The highest BCUT2D eigenvalue weighted by Gasteiger charge is 2.37. The van der Waals surface area contributed by atoms with Gasteiger partial charge in [0.2, 0.25) is 5.91 Å². The molecule has 1 saturated heterocycles. The van der Waals surface area contributed by atoms with Crippen LogP contribution in [-0.2, 0) is 9.59 Å². The Bertz CT molecular complexity index is 566. The third kappa shape index (κ3) is 8.88. The van der Waals surface area contributed by atoms with Crippen molar-refractivity contribution in [3.63, 3.8) is 0 Å². The van der Waals surface area contributed by atoms with Gasteiger partial charge in [0.15, 0.2) is 11.7 Å². The van der Waals surface area contributed by atoms with E-state index >= 15 is 0 Å². The van der Waals surface area contributed by atoms with Crippen LogP contribution in [0.25, 0.3) is 0 Å². The summed E-state index contributed by atoms with van der Waals surface area (Å²) in [5, 5.41) is 6.50. The summed E-state index contributed by atoms with van der Waals surface area (Å²) in [6.45, 7) is 9.54. The third-order valence-electron chi connectivity index (χ3n) is 5.98. The minimum atomic E-state index is -0.796. The fourth-order valence-corrected chi connectivity index (χ4v) is 3.92.